The molecule has 0 atom stereocenters. The molecule has 0 saturated carbocycles. The summed E-state index contributed by atoms with van der Waals surface area (Å²) in [5.41, 5.74) is 5.04. The van der Waals surface area contributed by atoms with Gasteiger partial charge in [-0.05, 0) is 53.8 Å². The molecule has 3 rings (SSSR count). The van der Waals surface area contributed by atoms with E-state index in [2.05, 4.69) is 42.9 Å². The van der Waals surface area contributed by atoms with Crippen LogP contribution in [-0.4, -0.2) is 15.0 Å². The summed E-state index contributed by atoms with van der Waals surface area (Å²) in [6, 6.07) is 16.1. The lowest BCUT2D eigenvalue weighted by atomic mass is 9.87. The minimum Gasteiger partial charge on any atom is -0.255 e. The smallest absolute Gasteiger partial charge is 0.0897 e. The van der Waals surface area contributed by atoms with E-state index in [9.17, 15) is 0 Å². The Morgan fingerprint density at radius 2 is 1.26 bits per heavy atom. The van der Waals surface area contributed by atoms with Crippen molar-refractivity contribution >= 4 is 0 Å². The van der Waals surface area contributed by atoms with E-state index in [-0.39, 0.29) is 5.41 Å². The molecule has 0 bridgehead atoms. The molecule has 0 aliphatic heterocycles. The first kappa shape index (κ1) is 15.3. The number of hydrogen-bond donors (Lipinski definition) is 0. The van der Waals surface area contributed by atoms with Gasteiger partial charge in [-0.2, -0.15) is 0 Å². The lowest BCUT2D eigenvalue weighted by Crippen LogP contribution is -2.10. The van der Waals surface area contributed by atoms with Crippen molar-refractivity contribution in [3.8, 4) is 22.8 Å². The van der Waals surface area contributed by atoms with E-state index in [1.807, 2.05) is 36.4 Å². The second-order valence-electron chi connectivity index (χ2n) is 6.91. The molecule has 0 aliphatic rings. The minimum atomic E-state index is 0.212. The van der Waals surface area contributed by atoms with Crippen LogP contribution in [0.3, 0.4) is 0 Å². The first-order valence-electron chi connectivity index (χ1n) is 7.85. The largest absolute Gasteiger partial charge is 0.255 e. The lowest BCUT2D eigenvalue weighted by molar-refractivity contribution is 0.411. The molecule has 0 unspecified atom stereocenters. The highest BCUT2D eigenvalue weighted by Crippen LogP contribution is 2.27. The molecule has 0 N–H and O–H groups in total. The predicted octanol–water partition coefficient (Wildman–Crippen LogP) is 4.79. The molecule has 0 fully saturated rings. The van der Waals surface area contributed by atoms with Crippen molar-refractivity contribution in [1.82, 2.24) is 15.0 Å². The fourth-order valence-electron chi connectivity index (χ4n) is 2.59. The first-order valence-corrected chi connectivity index (χ1v) is 7.85. The molecule has 23 heavy (non-hydrogen) atoms. The summed E-state index contributed by atoms with van der Waals surface area (Å²) in [5.74, 6) is 0. The van der Waals surface area contributed by atoms with Crippen molar-refractivity contribution < 1.29 is 0 Å². The maximum absolute atomic E-state index is 4.78. The standard InChI is InChI=1S/C20H21N3/c1-20(2,3)14-15-12-18(16-8-4-6-10-21-16)23-19(13-15)17-9-5-7-11-22-17/h4-13H,14H2,1-3H3. The van der Waals surface area contributed by atoms with E-state index in [0.29, 0.717) is 0 Å². The second-order valence-corrected chi connectivity index (χ2v) is 6.91. The Bertz CT molecular complexity index is 717. The van der Waals surface area contributed by atoms with Crippen LogP contribution in [-0.2, 0) is 6.42 Å². The van der Waals surface area contributed by atoms with Gasteiger partial charge in [-0.3, -0.25) is 9.97 Å². The van der Waals surface area contributed by atoms with Gasteiger partial charge < -0.3 is 0 Å². The van der Waals surface area contributed by atoms with Crippen molar-refractivity contribution in [3.63, 3.8) is 0 Å². The zero-order chi connectivity index (χ0) is 16.3. The summed E-state index contributed by atoms with van der Waals surface area (Å²) in [4.78, 5) is 13.7. The SMILES string of the molecule is CC(C)(C)Cc1cc(-c2ccccn2)nc(-c2ccccn2)c1. The summed E-state index contributed by atoms with van der Waals surface area (Å²) in [7, 11) is 0. The molecule has 0 aliphatic carbocycles. The van der Waals surface area contributed by atoms with E-state index >= 15 is 0 Å². The maximum Gasteiger partial charge on any atom is 0.0897 e. The third kappa shape index (κ3) is 4.01. The van der Waals surface area contributed by atoms with Gasteiger partial charge in [0.05, 0.1) is 22.8 Å². The van der Waals surface area contributed by atoms with Crippen LogP contribution in [0.4, 0.5) is 0 Å². The van der Waals surface area contributed by atoms with Gasteiger partial charge in [0.1, 0.15) is 0 Å². The number of rotatable bonds is 3. The Kier molecular flexibility index (Phi) is 4.20. The Morgan fingerprint density at radius 1 is 0.739 bits per heavy atom. The van der Waals surface area contributed by atoms with Gasteiger partial charge in [0.2, 0.25) is 0 Å². The van der Waals surface area contributed by atoms with Crippen LogP contribution < -0.4 is 0 Å². The molecule has 0 amide bonds. The first-order chi connectivity index (χ1) is 11.0. The van der Waals surface area contributed by atoms with Crippen LogP contribution in [0.5, 0.6) is 0 Å². The van der Waals surface area contributed by atoms with E-state index in [1.165, 1.54) is 5.56 Å². The van der Waals surface area contributed by atoms with Gasteiger partial charge in [0.25, 0.3) is 0 Å². The molecular weight excluding hydrogens is 282 g/mol. The number of aromatic nitrogens is 3. The average molecular weight is 303 g/mol. The summed E-state index contributed by atoms with van der Waals surface area (Å²) in [6.07, 6.45) is 4.58. The summed E-state index contributed by atoms with van der Waals surface area (Å²) in [6.45, 7) is 6.73. The zero-order valence-electron chi connectivity index (χ0n) is 13.8. The molecular formula is C20H21N3. The lowest BCUT2D eigenvalue weighted by Gasteiger charge is -2.19. The molecule has 0 saturated heterocycles. The summed E-state index contributed by atoms with van der Waals surface area (Å²) in [5, 5.41) is 0. The van der Waals surface area contributed by atoms with Crippen LogP contribution >= 0.6 is 0 Å². The van der Waals surface area contributed by atoms with Crippen molar-refractivity contribution in [2.45, 2.75) is 27.2 Å². The highest BCUT2D eigenvalue weighted by atomic mass is 14.8. The normalized spacial score (nSPS) is 11.4. The van der Waals surface area contributed by atoms with Crippen LogP contribution in [0.25, 0.3) is 22.8 Å². The molecule has 3 heterocycles. The Labute approximate surface area is 137 Å². The van der Waals surface area contributed by atoms with Gasteiger partial charge in [-0.25, -0.2) is 4.98 Å². The number of nitrogens with zero attached hydrogens (tertiary/aromatic N) is 3. The average Bonchev–Trinajstić information content (AvgIpc) is 2.55. The monoisotopic (exact) mass is 303 g/mol. The predicted molar refractivity (Wildman–Crippen MR) is 93.9 cm³/mol. The van der Waals surface area contributed by atoms with E-state index in [1.54, 1.807) is 12.4 Å². The van der Waals surface area contributed by atoms with Gasteiger partial charge in [-0.1, -0.05) is 32.9 Å². The third-order valence-corrected chi connectivity index (χ3v) is 3.47. The van der Waals surface area contributed by atoms with Gasteiger partial charge in [-0.15, -0.1) is 0 Å². The summed E-state index contributed by atoms with van der Waals surface area (Å²) >= 11 is 0. The topological polar surface area (TPSA) is 38.7 Å². The van der Waals surface area contributed by atoms with E-state index in [4.69, 9.17) is 4.98 Å². The Hall–Kier alpha value is -2.55. The van der Waals surface area contributed by atoms with Crippen LogP contribution in [0.1, 0.15) is 26.3 Å². The van der Waals surface area contributed by atoms with Gasteiger partial charge in [0.15, 0.2) is 0 Å². The quantitative estimate of drug-likeness (QED) is 0.698. The number of pyridine rings is 3. The van der Waals surface area contributed by atoms with Crippen LogP contribution in [0.2, 0.25) is 0 Å². The Balaban J connectivity index is 2.11. The van der Waals surface area contributed by atoms with Crippen molar-refractivity contribution in [3.05, 3.63) is 66.5 Å². The molecule has 0 spiro atoms. The molecule has 0 radical (unpaired) electrons. The van der Waals surface area contributed by atoms with E-state index in [0.717, 1.165) is 29.2 Å². The molecule has 3 heteroatoms. The second kappa shape index (κ2) is 6.29. The summed E-state index contributed by atoms with van der Waals surface area (Å²) < 4.78 is 0. The number of hydrogen-bond acceptors (Lipinski definition) is 3. The fourth-order valence-corrected chi connectivity index (χ4v) is 2.59. The van der Waals surface area contributed by atoms with Crippen molar-refractivity contribution in [2.24, 2.45) is 5.41 Å². The van der Waals surface area contributed by atoms with Crippen molar-refractivity contribution in [2.75, 3.05) is 0 Å². The minimum absolute atomic E-state index is 0.212. The molecule has 3 aromatic rings. The van der Waals surface area contributed by atoms with Gasteiger partial charge in [0, 0.05) is 12.4 Å². The van der Waals surface area contributed by atoms with Gasteiger partial charge >= 0.3 is 0 Å². The fraction of sp³-hybridized carbons (Fsp3) is 0.250. The highest BCUT2D eigenvalue weighted by molar-refractivity contribution is 5.63. The molecule has 3 aromatic heterocycles. The van der Waals surface area contributed by atoms with Crippen LogP contribution in [0.15, 0.2) is 60.9 Å². The molecule has 0 aromatic carbocycles. The molecule has 3 nitrogen and oxygen atoms in total. The maximum atomic E-state index is 4.78. The zero-order valence-corrected chi connectivity index (χ0v) is 13.8. The van der Waals surface area contributed by atoms with Crippen molar-refractivity contribution in [1.29, 1.82) is 0 Å². The Morgan fingerprint density at radius 3 is 1.65 bits per heavy atom. The van der Waals surface area contributed by atoms with Crippen LogP contribution in [0, 0.1) is 5.41 Å². The highest BCUT2D eigenvalue weighted by Gasteiger charge is 2.15. The molecule has 116 valence electrons. The van der Waals surface area contributed by atoms with E-state index < -0.39 is 0 Å². The third-order valence-electron chi connectivity index (χ3n) is 3.47.